The van der Waals surface area contributed by atoms with Crippen molar-refractivity contribution in [3.8, 4) is 5.75 Å². The molecule has 2 rings (SSSR count). The second-order valence-corrected chi connectivity index (χ2v) is 6.58. The molecule has 1 aromatic carbocycles. The number of rotatable bonds is 8. The second-order valence-electron chi connectivity index (χ2n) is 5.72. The molecule has 132 valence electrons. The number of nitrogens with one attached hydrogen (secondary N) is 2. The maximum Gasteiger partial charge on any atom is 0.272 e. The summed E-state index contributed by atoms with van der Waals surface area (Å²) in [6.07, 6.45) is -2.54. The van der Waals surface area contributed by atoms with Crippen LogP contribution in [0.25, 0.3) is 10.9 Å². The van der Waals surface area contributed by atoms with E-state index in [-0.39, 0.29) is 11.8 Å². The highest BCUT2D eigenvalue weighted by Crippen LogP contribution is 2.31. The van der Waals surface area contributed by atoms with Gasteiger partial charge in [-0.3, -0.25) is 4.79 Å². The number of H-pyrrole nitrogens is 1. The lowest BCUT2D eigenvalue weighted by molar-refractivity contribution is 0.0816. The fraction of sp³-hybridized carbons (Fsp3) is 0.438. The number of hydrogen-bond acceptors (Lipinski definition) is 4. The first-order valence-corrected chi connectivity index (χ1v) is 8.20. The molecule has 24 heavy (non-hydrogen) atoms. The molecule has 1 atom stereocenters. The molecule has 0 radical (unpaired) electrons. The van der Waals surface area contributed by atoms with Gasteiger partial charge in [-0.15, -0.1) is 0 Å². The molecule has 0 aliphatic carbocycles. The summed E-state index contributed by atoms with van der Waals surface area (Å²) in [5, 5.41) is 3.73. The van der Waals surface area contributed by atoms with Gasteiger partial charge in [-0.1, -0.05) is 0 Å². The lowest BCUT2D eigenvalue weighted by atomic mass is 10.1. The first-order valence-electron chi connectivity index (χ1n) is 7.41. The van der Waals surface area contributed by atoms with E-state index in [4.69, 9.17) is 4.74 Å². The predicted octanol–water partition coefficient (Wildman–Crippen LogP) is 2.91. The molecule has 0 saturated carbocycles. The second kappa shape index (κ2) is 8.04. The SMILES string of the molecule is CNC(CN(C)C)C(=O)c1cc2cc(OCC(F)F)c(Br)cc2[nH]1. The first-order chi connectivity index (χ1) is 11.3. The number of aromatic nitrogens is 1. The van der Waals surface area contributed by atoms with Gasteiger partial charge in [0.15, 0.2) is 5.78 Å². The van der Waals surface area contributed by atoms with Crippen LogP contribution in [-0.2, 0) is 0 Å². The minimum Gasteiger partial charge on any atom is -0.486 e. The lowest BCUT2D eigenvalue weighted by Crippen LogP contribution is -2.42. The van der Waals surface area contributed by atoms with Gasteiger partial charge in [0, 0.05) is 17.4 Å². The van der Waals surface area contributed by atoms with Crippen LogP contribution in [0.4, 0.5) is 8.78 Å². The van der Waals surface area contributed by atoms with Crippen molar-refractivity contribution in [1.82, 2.24) is 15.2 Å². The number of fused-ring (bicyclic) bond motifs is 1. The molecule has 0 bridgehead atoms. The smallest absolute Gasteiger partial charge is 0.272 e. The van der Waals surface area contributed by atoms with Gasteiger partial charge < -0.3 is 19.9 Å². The highest BCUT2D eigenvalue weighted by molar-refractivity contribution is 9.10. The van der Waals surface area contributed by atoms with Gasteiger partial charge in [-0.2, -0.15) is 0 Å². The summed E-state index contributed by atoms with van der Waals surface area (Å²) in [4.78, 5) is 17.6. The summed E-state index contributed by atoms with van der Waals surface area (Å²) in [6, 6.07) is 4.72. The molecule has 2 N–H and O–H groups in total. The van der Waals surface area contributed by atoms with Crippen molar-refractivity contribution in [3.63, 3.8) is 0 Å². The van der Waals surface area contributed by atoms with Gasteiger partial charge >= 0.3 is 0 Å². The van der Waals surface area contributed by atoms with Crippen molar-refractivity contribution in [1.29, 1.82) is 0 Å². The minimum absolute atomic E-state index is 0.0615. The fourth-order valence-electron chi connectivity index (χ4n) is 2.39. The number of carbonyl (C=O) groups is 1. The Balaban J connectivity index is 2.28. The molecule has 0 amide bonds. The number of alkyl halides is 2. The minimum atomic E-state index is -2.54. The zero-order valence-corrected chi connectivity index (χ0v) is 15.3. The molecule has 0 saturated heterocycles. The Kier molecular flexibility index (Phi) is 6.31. The Morgan fingerprint density at radius 3 is 2.67 bits per heavy atom. The summed E-state index contributed by atoms with van der Waals surface area (Å²) in [5.41, 5.74) is 1.19. The van der Waals surface area contributed by atoms with Crippen LogP contribution in [0.1, 0.15) is 10.5 Å². The summed E-state index contributed by atoms with van der Waals surface area (Å²) >= 11 is 3.30. The van der Waals surface area contributed by atoms with Crippen molar-refractivity contribution in [2.75, 3.05) is 34.3 Å². The molecule has 1 heterocycles. The number of likely N-dealkylation sites (N-methyl/N-ethyl adjacent to an activating group) is 2. The van der Waals surface area contributed by atoms with Crippen LogP contribution in [0.3, 0.4) is 0 Å². The third kappa shape index (κ3) is 4.52. The van der Waals surface area contributed by atoms with E-state index in [1.807, 2.05) is 19.0 Å². The lowest BCUT2D eigenvalue weighted by Gasteiger charge is -2.18. The number of halogens is 3. The van der Waals surface area contributed by atoms with Gasteiger partial charge in [0.05, 0.1) is 16.2 Å². The van der Waals surface area contributed by atoms with Gasteiger partial charge in [0.1, 0.15) is 12.4 Å². The Labute approximate surface area is 147 Å². The Bertz CT molecular complexity index is 719. The summed E-state index contributed by atoms with van der Waals surface area (Å²) in [5.74, 6) is 0.257. The maximum absolute atomic E-state index is 12.6. The third-order valence-corrected chi connectivity index (χ3v) is 4.14. The highest BCUT2D eigenvalue weighted by atomic mass is 79.9. The number of carbonyl (C=O) groups excluding carboxylic acids is 1. The Hall–Kier alpha value is -1.51. The predicted molar refractivity (Wildman–Crippen MR) is 93.2 cm³/mol. The van der Waals surface area contributed by atoms with Gasteiger partial charge in [0.2, 0.25) is 0 Å². The van der Waals surface area contributed by atoms with Crippen molar-refractivity contribution in [3.05, 3.63) is 28.4 Å². The van der Waals surface area contributed by atoms with Crippen molar-refractivity contribution in [2.24, 2.45) is 0 Å². The molecule has 1 unspecified atom stereocenters. The number of benzene rings is 1. The first kappa shape index (κ1) is 18.8. The molecule has 2 aromatic rings. The van der Waals surface area contributed by atoms with E-state index in [0.717, 1.165) is 10.9 Å². The third-order valence-electron chi connectivity index (χ3n) is 3.52. The van der Waals surface area contributed by atoms with Crippen molar-refractivity contribution >= 4 is 32.6 Å². The van der Waals surface area contributed by atoms with E-state index >= 15 is 0 Å². The summed E-state index contributed by atoms with van der Waals surface area (Å²) < 4.78 is 30.2. The van der Waals surface area contributed by atoms with Crippen LogP contribution in [0, 0.1) is 0 Å². The van der Waals surface area contributed by atoms with Crippen LogP contribution in [0.5, 0.6) is 5.75 Å². The van der Waals surface area contributed by atoms with Crippen LogP contribution in [-0.4, -0.2) is 62.4 Å². The van der Waals surface area contributed by atoms with Crippen LogP contribution < -0.4 is 10.1 Å². The zero-order chi connectivity index (χ0) is 17.9. The van der Waals surface area contributed by atoms with E-state index in [9.17, 15) is 13.6 Å². The van der Waals surface area contributed by atoms with E-state index in [2.05, 4.69) is 26.2 Å². The number of nitrogens with zero attached hydrogens (tertiary/aromatic N) is 1. The Morgan fingerprint density at radius 2 is 2.08 bits per heavy atom. The fourth-order valence-corrected chi connectivity index (χ4v) is 2.85. The van der Waals surface area contributed by atoms with E-state index in [0.29, 0.717) is 22.5 Å². The monoisotopic (exact) mass is 403 g/mol. The van der Waals surface area contributed by atoms with Crippen LogP contribution in [0.2, 0.25) is 0 Å². The van der Waals surface area contributed by atoms with Crippen molar-refractivity contribution in [2.45, 2.75) is 12.5 Å². The molecule has 0 spiro atoms. The van der Waals surface area contributed by atoms with Gasteiger partial charge in [0.25, 0.3) is 6.43 Å². The summed E-state index contributed by atoms with van der Waals surface area (Å²) in [7, 11) is 5.53. The molecule has 0 aliphatic rings. The quantitative estimate of drug-likeness (QED) is 0.665. The van der Waals surface area contributed by atoms with E-state index < -0.39 is 13.0 Å². The number of hydrogen-bond donors (Lipinski definition) is 2. The standard InChI is InChI=1S/C16H20BrF2N3O2/c1-20-13(7-22(2)3)16(23)12-4-9-5-14(24-8-15(18)19)10(17)6-11(9)21-12/h4-6,13,15,20-21H,7-8H2,1-3H3. The molecule has 0 aliphatic heterocycles. The maximum atomic E-state index is 12.6. The number of ketones is 1. The molecular formula is C16H20BrF2N3O2. The molecular weight excluding hydrogens is 384 g/mol. The average molecular weight is 404 g/mol. The Morgan fingerprint density at radius 1 is 1.38 bits per heavy atom. The topological polar surface area (TPSA) is 57.4 Å². The van der Waals surface area contributed by atoms with Gasteiger partial charge in [-0.25, -0.2) is 8.78 Å². The normalized spacial score (nSPS) is 13.0. The van der Waals surface area contributed by atoms with E-state index in [1.165, 1.54) is 0 Å². The molecule has 1 aromatic heterocycles. The number of Topliss-reactive ketones (excluding diaryl/α,β-unsaturated/α-hetero) is 1. The van der Waals surface area contributed by atoms with Crippen molar-refractivity contribution < 1.29 is 18.3 Å². The molecule has 0 fully saturated rings. The largest absolute Gasteiger partial charge is 0.486 e. The van der Waals surface area contributed by atoms with E-state index in [1.54, 1.807) is 25.2 Å². The molecule has 5 nitrogen and oxygen atoms in total. The number of aromatic amines is 1. The highest BCUT2D eigenvalue weighted by Gasteiger charge is 2.21. The van der Waals surface area contributed by atoms with Crippen LogP contribution in [0.15, 0.2) is 22.7 Å². The average Bonchev–Trinajstić information content (AvgIpc) is 2.91. The summed E-state index contributed by atoms with van der Waals surface area (Å²) in [6.45, 7) is -0.109. The zero-order valence-electron chi connectivity index (χ0n) is 13.7. The number of ether oxygens (including phenoxy) is 1. The van der Waals surface area contributed by atoms with Gasteiger partial charge in [-0.05, 0) is 55.3 Å². The molecule has 8 heteroatoms. The van der Waals surface area contributed by atoms with Crippen LogP contribution >= 0.6 is 15.9 Å².